The number of rotatable bonds is 3. The molecule has 1 heterocycles. The second kappa shape index (κ2) is 10.9. The van der Waals surface area contributed by atoms with Crippen molar-refractivity contribution in [2.45, 2.75) is 39.4 Å². The maximum Gasteiger partial charge on any atom is 0.0870 e. The van der Waals surface area contributed by atoms with Gasteiger partial charge in [-0.15, -0.1) is 29.8 Å². The van der Waals surface area contributed by atoms with E-state index in [0.29, 0.717) is 12.0 Å². The molecule has 27 heavy (non-hydrogen) atoms. The molecule has 5 nitrogen and oxygen atoms in total. The van der Waals surface area contributed by atoms with Gasteiger partial charge in [-0.1, -0.05) is 12.1 Å². The van der Waals surface area contributed by atoms with Crippen molar-refractivity contribution < 1.29 is 30.3 Å². The number of para-hydroxylation sites is 2. The van der Waals surface area contributed by atoms with Crippen molar-refractivity contribution in [3.63, 3.8) is 0 Å². The number of fused-ring (bicyclic) bond motifs is 1. The zero-order chi connectivity index (χ0) is 19.1. The van der Waals surface area contributed by atoms with Crippen LogP contribution in [0.4, 0.5) is 0 Å². The number of aliphatic hydroxyl groups is 2. The van der Waals surface area contributed by atoms with Crippen LogP contribution < -0.4 is 0 Å². The first-order valence-electron chi connectivity index (χ1n) is 8.42. The van der Waals surface area contributed by atoms with Crippen LogP contribution in [0.15, 0.2) is 42.5 Å². The minimum absolute atomic E-state index is 0. The molecule has 143 valence electrons. The van der Waals surface area contributed by atoms with Gasteiger partial charge in [0.2, 0.25) is 0 Å². The van der Waals surface area contributed by atoms with Crippen molar-refractivity contribution in [2.75, 3.05) is 0 Å². The first kappa shape index (κ1) is 22.9. The summed E-state index contributed by atoms with van der Waals surface area (Å²) in [5, 5.41) is 25.9. The van der Waals surface area contributed by atoms with Crippen LogP contribution >= 0.6 is 0 Å². The van der Waals surface area contributed by atoms with E-state index in [-0.39, 0.29) is 32.3 Å². The monoisotopic (exact) mass is 541 g/mol. The van der Waals surface area contributed by atoms with Gasteiger partial charge in [-0.05, 0) is 44.9 Å². The van der Waals surface area contributed by atoms with E-state index in [1.807, 2.05) is 37.3 Å². The van der Waals surface area contributed by atoms with E-state index >= 15 is 0 Å². The average molecular weight is 541 g/mol. The molecule has 2 atom stereocenters. The SMILES string of the molecule is CC(O)CC(C)O.Cc1nc2ccccc2nc1-c1[c-]cc(C#N)cc1.[Ir]. The summed E-state index contributed by atoms with van der Waals surface area (Å²) in [6, 6.07) is 18.2. The predicted molar refractivity (Wildman–Crippen MR) is 101 cm³/mol. The summed E-state index contributed by atoms with van der Waals surface area (Å²) >= 11 is 0. The Bertz CT molecular complexity index is 897. The van der Waals surface area contributed by atoms with Crippen LogP contribution in [0.5, 0.6) is 0 Å². The Morgan fingerprint density at radius 1 is 1.04 bits per heavy atom. The standard InChI is InChI=1S/C16H10N3.C5H12O2.Ir/c1-11-16(13-8-6-12(10-17)7-9-13)19-15-5-3-2-4-14(15)18-11;1-4(6)3-5(2)7;/h2-8H,1H3;4-7H,3H2,1-2H3;/q-1;;. The number of aromatic nitrogens is 2. The Morgan fingerprint density at radius 3 is 2.07 bits per heavy atom. The number of nitrogens with zero attached hydrogens (tertiary/aromatic N) is 3. The zero-order valence-electron chi connectivity index (χ0n) is 15.5. The molecule has 3 rings (SSSR count). The smallest absolute Gasteiger partial charge is 0.0870 e. The van der Waals surface area contributed by atoms with Crippen LogP contribution in [0.1, 0.15) is 31.5 Å². The second-order valence-corrected chi connectivity index (χ2v) is 6.18. The molecule has 6 heteroatoms. The quantitative estimate of drug-likeness (QED) is 0.497. The van der Waals surface area contributed by atoms with Gasteiger partial charge in [0.05, 0.1) is 23.2 Å². The molecule has 0 bridgehead atoms. The van der Waals surface area contributed by atoms with E-state index in [0.717, 1.165) is 28.0 Å². The molecule has 1 aromatic heterocycles. The summed E-state index contributed by atoms with van der Waals surface area (Å²) in [5.74, 6) is 0. The second-order valence-electron chi connectivity index (χ2n) is 6.18. The maximum absolute atomic E-state index is 8.80. The average Bonchev–Trinajstić information content (AvgIpc) is 2.60. The molecule has 0 saturated carbocycles. The maximum atomic E-state index is 8.80. The van der Waals surface area contributed by atoms with E-state index in [1.54, 1.807) is 26.0 Å². The van der Waals surface area contributed by atoms with E-state index in [9.17, 15) is 0 Å². The third-order valence-corrected chi connectivity index (χ3v) is 3.62. The van der Waals surface area contributed by atoms with Gasteiger partial charge in [-0.3, -0.25) is 9.97 Å². The fraction of sp³-hybridized carbons (Fsp3) is 0.286. The van der Waals surface area contributed by atoms with Crippen LogP contribution in [0.25, 0.3) is 22.3 Å². The summed E-state index contributed by atoms with van der Waals surface area (Å²) < 4.78 is 0. The van der Waals surface area contributed by atoms with Gasteiger partial charge < -0.3 is 10.2 Å². The molecule has 0 aliphatic heterocycles. The molecule has 0 aliphatic rings. The number of benzene rings is 2. The van der Waals surface area contributed by atoms with Gasteiger partial charge in [-0.2, -0.15) is 0 Å². The van der Waals surface area contributed by atoms with Crippen LogP contribution in [0, 0.1) is 24.3 Å². The molecule has 0 fully saturated rings. The normalized spacial score (nSPS) is 12.1. The van der Waals surface area contributed by atoms with Crippen molar-refractivity contribution in [3.8, 4) is 17.3 Å². The Balaban J connectivity index is 0.000000395. The van der Waals surface area contributed by atoms with Gasteiger partial charge in [0.1, 0.15) is 0 Å². The number of hydrogen-bond donors (Lipinski definition) is 2. The Labute approximate surface area is 173 Å². The molecule has 0 aliphatic carbocycles. The molecule has 1 radical (unpaired) electrons. The summed E-state index contributed by atoms with van der Waals surface area (Å²) in [7, 11) is 0. The first-order valence-corrected chi connectivity index (χ1v) is 8.42. The number of aliphatic hydroxyl groups excluding tert-OH is 2. The Morgan fingerprint density at radius 2 is 1.63 bits per heavy atom. The summed E-state index contributed by atoms with van der Waals surface area (Å²) in [4.78, 5) is 9.17. The van der Waals surface area contributed by atoms with Gasteiger partial charge in [0.15, 0.2) is 0 Å². The molecule has 2 unspecified atom stereocenters. The van der Waals surface area contributed by atoms with Crippen molar-refractivity contribution >= 4 is 11.0 Å². The van der Waals surface area contributed by atoms with Gasteiger partial charge in [-0.25, -0.2) is 5.26 Å². The minimum Gasteiger partial charge on any atom is -0.393 e. The molecule has 0 saturated heterocycles. The Kier molecular flexibility index (Phi) is 9.20. The first-order chi connectivity index (χ1) is 12.4. The van der Waals surface area contributed by atoms with Crippen molar-refractivity contribution in [1.29, 1.82) is 5.26 Å². The molecule has 3 aromatic rings. The van der Waals surface area contributed by atoms with E-state index in [2.05, 4.69) is 22.1 Å². The molecule has 2 aromatic carbocycles. The van der Waals surface area contributed by atoms with Crippen LogP contribution in [0.3, 0.4) is 0 Å². The largest absolute Gasteiger partial charge is 0.393 e. The van der Waals surface area contributed by atoms with E-state index in [1.165, 1.54) is 0 Å². The topological polar surface area (TPSA) is 90.0 Å². The Hall–Kier alpha value is -2.16. The van der Waals surface area contributed by atoms with E-state index < -0.39 is 0 Å². The third kappa shape index (κ3) is 6.82. The van der Waals surface area contributed by atoms with Crippen LogP contribution in [-0.2, 0) is 20.1 Å². The number of hydrogen-bond acceptors (Lipinski definition) is 5. The zero-order valence-corrected chi connectivity index (χ0v) is 17.9. The molecule has 0 amide bonds. The van der Waals surface area contributed by atoms with Crippen molar-refractivity contribution in [3.05, 3.63) is 59.8 Å². The van der Waals surface area contributed by atoms with E-state index in [4.69, 9.17) is 15.5 Å². The summed E-state index contributed by atoms with van der Waals surface area (Å²) in [6.45, 7) is 5.25. The van der Waals surface area contributed by atoms with Crippen molar-refractivity contribution in [2.24, 2.45) is 0 Å². The number of nitriles is 1. The minimum atomic E-state index is -0.375. The van der Waals surface area contributed by atoms with Crippen LogP contribution in [-0.4, -0.2) is 32.4 Å². The summed E-state index contributed by atoms with van der Waals surface area (Å²) in [5.41, 5.74) is 4.87. The van der Waals surface area contributed by atoms with Gasteiger partial charge >= 0.3 is 0 Å². The third-order valence-electron chi connectivity index (χ3n) is 3.62. The predicted octanol–water partition coefficient (Wildman–Crippen LogP) is 3.41. The molecular formula is C21H22IrN3O2-. The fourth-order valence-corrected chi connectivity index (χ4v) is 2.48. The van der Waals surface area contributed by atoms with Gasteiger partial charge in [0.25, 0.3) is 0 Å². The summed E-state index contributed by atoms with van der Waals surface area (Å²) in [6.07, 6.45) is -0.278. The van der Waals surface area contributed by atoms with Crippen molar-refractivity contribution in [1.82, 2.24) is 9.97 Å². The molecule has 2 N–H and O–H groups in total. The van der Waals surface area contributed by atoms with Crippen LogP contribution in [0.2, 0.25) is 0 Å². The number of aryl methyl sites for hydroxylation is 1. The fourth-order valence-electron chi connectivity index (χ4n) is 2.48. The molecule has 0 spiro atoms. The molecular weight excluding hydrogens is 518 g/mol. The van der Waals surface area contributed by atoms with Gasteiger partial charge in [0, 0.05) is 37.6 Å².